The molecule has 0 saturated carbocycles. The first-order valence-electron chi connectivity index (χ1n) is 4.65. The summed E-state index contributed by atoms with van der Waals surface area (Å²) < 4.78 is 18.8. The number of nitrogens with zero attached hydrogens (tertiary/aromatic N) is 3. The molecule has 0 amide bonds. The summed E-state index contributed by atoms with van der Waals surface area (Å²) in [7, 11) is 0. The highest BCUT2D eigenvalue weighted by Gasteiger charge is 2.37. The highest BCUT2D eigenvalue weighted by atomic mass is 19.1. The molecule has 0 atom stereocenters. The SMILES string of the molecule is O=C1OC(=O)c2c1nnn2-c1ccccc1F. The number of cyclic esters (lactones) is 2. The van der Waals surface area contributed by atoms with Crippen molar-refractivity contribution in [3.63, 3.8) is 0 Å². The Morgan fingerprint density at radius 2 is 1.94 bits per heavy atom. The third-order valence-electron chi connectivity index (χ3n) is 2.32. The van der Waals surface area contributed by atoms with Gasteiger partial charge >= 0.3 is 11.9 Å². The van der Waals surface area contributed by atoms with Crippen LogP contribution in [0.4, 0.5) is 4.39 Å². The van der Waals surface area contributed by atoms with Crippen LogP contribution in [-0.2, 0) is 4.74 Å². The molecule has 17 heavy (non-hydrogen) atoms. The fraction of sp³-hybridized carbons (Fsp3) is 0. The number of ether oxygens (including phenoxy) is 1. The first-order chi connectivity index (χ1) is 8.18. The Bertz CT molecular complexity index is 650. The molecule has 0 N–H and O–H groups in total. The van der Waals surface area contributed by atoms with Gasteiger partial charge in [0.2, 0.25) is 5.69 Å². The Hall–Kier alpha value is -2.57. The second-order valence-corrected chi connectivity index (χ2v) is 3.33. The van der Waals surface area contributed by atoms with E-state index < -0.39 is 17.8 Å². The van der Waals surface area contributed by atoms with Crippen LogP contribution in [-0.4, -0.2) is 26.9 Å². The summed E-state index contributed by atoms with van der Waals surface area (Å²) in [5.74, 6) is -2.32. The van der Waals surface area contributed by atoms with Crippen LogP contribution >= 0.6 is 0 Å². The van der Waals surface area contributed by atoms with E-state index in [-0.39, 0.29) is 17.1 Å². The smallest absolute Gasteiger partial charge is 0.369 e. The van der Waals surface area contributed by atoms with Gasteiger partial charge < -0.3 is 4.74 Å². The summed E-state index contributed by atoms with van der Waals surface area (Å²) in [6, 6.07) is 5.71. The Morgan fingerprint density at radius 3 is 2.71 bits per heavy atom. The van der Waals surface area contributed by atoms with E-state index in [1.54, 1.807) is 6.07 Å². The van der Waals surface area contributed by atoms with Crippen molar-refractivity contribution >= 4 is 11.9 Å². The van der Waals surface area contributed by atoms with Crippen LogP contribution < -0.4 is 0 Å². The lowest BCUT2D eigenvalue weighted by molar-refractivity contribution is 0.0434. The molecule has 2 heterocycles. The van der Waals surface area contributed by atoms with Crippen molar-refractivity contribution < 1.29 is 18.7 Å². The molecule has 1 aromatic heterocycles. The average Bonchev–Trinajstić information content (AvgIpc) is 2.83. The van der Waals surface area contributed by atoms with E-state index in [0.29, 0.717) is 0 Å². The third kappa shape index (κ3) is 1.25. The van der Waals surface area contributed by atoms with Crippen molar-refractivity contribution in [1.29, 1.82) is 0 Å². The van der Waals surface area contributed by atoms with Gasteiger partial charge in [0.25, 0.3) is 0 Å². The quantitative estimate of drug-likeness (QED) is 0.535. The molecular weight excluding hydrogens is 229 g/mol. The number of fused-ring (bicyclic) bond motifs is 1. The van der Waals surface area contributed by atoms with Gasteiger partial charge in [0.15, 0.2) is 5.69 Å². The van der Waals surface area contributed by atoms with Crippen molar-refractivity contribution in [2.24, 2.45) is 0 Å². The lowest BCUT2D eigenvalue weighted by atomic mass is 10.3. The lowest BCUT2D eigenvalue weighted by Gasteiger charge is -2.02. The van der Waals surface area contributed by atoms with E-state index in [4.69, 9.17) is 0 Å². The highest BCUT2D eigenvalue weighted by Crippen LogP contribution is 2.21. The molecule has 0 unspecified atom stereocenters. The molecule has 6 nitrogen and oxygen atoms in total. The number of para-hydroxylation sites is 1. The van der Waals surface area contributed by atoms with Crippen LogP contribution in [0.3, 0.4) is 0 Å². The zero-order valence-electron chi connectivity index (χ0n) is 8.25. The van der Waals surface area contributed by atoms with E-state index in [1.807, 2.05) is 0 Å². The van der Waals surface area contributed by atoms with Gasteiger partial charge in [0.05, 0.1) is 0 Å². The summed E-state index contributed by atoms with van der Waals surface area (Å²) in [6.45, 7) is 0. The monoisotopic (exact) mass is 233 g/mol. The second kappa shape index (κ2) is 3.21. The minimum atomic E-state index is -0.877. The number of carbonyl (C=O) groups is 2. The van der Waals surface area contributed by atoms with E-state index >= 15 is 0 Å². The van der Waals surface area contributed by atoms with E-state index in [1.165, 1.54) is 18.2 Å². The largest absolute Gasteiger partial charge is 0.383 e. The van der Waals surface area contributed by atoms with Crippen LogP contribution in [0.15, 0.2) is 24.3 Å². The molecule has 0 aliphatic carbocycles. The summed E-state index contributed by atoms with van der Waals surface area (Å²) in [6.07, 6.45) is 0. The number of esters is 2. The van der Waals surface area contributed by atoms with Gasteiger partial charge in [-0.2, -0.15) is 0 Å². The minimum Gasteiger partial charge on any atom is -0.383 e. The molecule has 0 saturated heterocycles. The van der Waals surface area contributed by atoms with Gasteiger partial charge in [-0.15, -0.1) is 5.10 Å². The standard InChI is InChI=1S/C10H4FN3O3/c11-5-3-1-2-4-6(5)14-8-7(12-13-14)9(15)17-10(8)16/h1-4H. The van der Waals surface area contributed by atoms with Crippen molar-refractivity contribution in [3.8, 4) is 5.69 Å². The van der Waals surface area contributed by atoms with Crippen LogP contribution in [0.5, 0.6) is 0 Å². The van der Waals surface area contributed by atoms with Gasteiger partial charge in [0, 0.05) is 0 Å². The van der Waals surface area contributed by atoms with Gasteiger partial charge in [-0.25, -0.2) is 18.7 Å². The summed E-state index contributed by atoms with van der Waals surface area (Å²) in [5, 5.41) is 7.07. The van der Waals surface area contributed by atoms with Gasteiger partial charge in [-0.05, 0) is 12.1 Å². The molecule has 2 aromatic rings. The van der Waals surface area contributed by atoms with Gasteiger partial charge in [-0.3, -0.25) is 0 Å². The van der Waals surface area contributed by atoms with Crippen molar-refractivity contribution in [1.82, 2.24) is 15.0 Å². The molecule has 1 aliphatic heterocycles. The second-order valence-electron chi connectivity index (χ2n) is 3.33. The molecule has 84 valence electrons. The fourth-order valence-electron chi connectivity index (χ4n) is 1.58. The zero-order valence-corrected chi connectivity index (χ0v) is 8.25. The summed E-state index contributed by atoms with van der Waals surface area (Å²) >= 11 is 0. The number of rotatable bonds is 1. The molecule has 1 aromatic carbocycles. The lowest BCUT2D eigenvalue weighted by Crippen LogP contribution is -2.09. The topological polar surface area (TPSA) is 74.1 Å². The molecule has 7 heteroatoms. The third-order valence-corrected chi connectivity index (χ3v) is 2.32. The van der Waals surface area contributed by atoms with E-state index in [9.17, 15) is 14.0 Å². The number of hydrogen-bond acceptors (Lipinski definition) is 5. The predicted octanol–water partition coefficient (Wildman–Crippen LogP) is 0.717. The Balaban J connectivity index is 2.25. The summed E-state index contributed by atoms with van der Waals surface area (Å²) in [4.78, 5) is 22.5. The normalized spacial score (nSPS) is 13.7. The van der Waals surface area contributed by atoms with E-state index in [0.717, 1.165) is 4.68 Å². The van der Waals surface area contributed by atoms with Crippen LogP contribution in [0, 0.1) is 5.82 Å². The van der Waals surface area contributed by atoms with E-state index in [2.05, 4.69) is 15.0 Å². The maximum atomic E-state index is 13.5. The maximum Gasteiger partial charge on any atom is 0.369 e. The van der Waals surface area contributed by atoms with Crippen molar-refractivity contribution in [2.45, 2.75) is 0 Å². The molecule has 0 fully saturated rings. The molecule has 3 rings (SSSR count). The first-order valence-corrected chi connectivity index (χ1v) is 4.65. The fourth-order valence-corrected chi connectivity index (χ4v) is 1.58. The molecule has 0 spiro atoms. The van der Waals surface area contributed by atoms with Crippen molar-refractivity contribution in [2.75, 3.05) is 0 Å². The number of carbonyl (C=O) groups excluding carboxylic acids is 2. The van der Waals surface area contributed by atoms with Crippen molar-refractivity contribution in [3.05, 3.63) is 41.5 Å². The number of hydrogen-bond donors (Lipinski definition) is 0. The molecular formula is C10H4FN3O3. The first kappa shape index (κ1) is 9.64. The maximum absolute atomic E-state index is 13.5. The van der Waals surface area contributed by atoms with Gasteiger partial charge in [-0.1, -0.05) is 17.3 Å². The highest BCUT2D eigenvalue weighted by molar-refractivity contribution is 6.12. The Labute approximate surface area is 93.6 Å². The predicted molar refractivity (Wildman–Crippen MR) is 51.1 cm³/mol. The van der Waals surface area contributed by atoms with Crippen LogP contribution in [0.1, 0.15) is 21.0 Å². The molecule has 1 aliphatic rings. The Morgan fingerprint density at radius 1 is 1.18 bits per heavy atom. The number of halogens is 1. The number of benzene rings is 1. The Kier molecular flexibility index (Phi) is 1.82. The molecule has 0 radical (unpaired) electrons. The van der Waals surface area contributed by atoms with Crippen LogP contribution in [0.25, 0.3) is 5.69 Å². The molecule has 0 bridgehead atoms. The average molecular weight is 233 g/mol. The van der Waals surface area contributed by atoms with Gasteiger partial charge in [0.1, 0.15) is 11.5 Å². The number of aromatic nitrogens is 3. The van der Waals surface area contributed by atoms with Crippen LogP contribution in [0.2, 0.25) is 0 Å². The zero-order chi connectivity index (χ0) is 12.0. The summed E-state index contributed by atoms with van der Waals surface area (Å²) in [5.41, 5.74) is -0.314. The minimum absolute atomic E-state index is 0.0351.